The minimum Gasteiger partial charge on any atom is -0.393 e. The second-order valence-corrected chi connectivity index (χ2v) is 4.56. The van der Waals surface area contributed by atoms with E-state index in [2.05, 4.69) is 28.9 Å². The molecule has 14 heavy (non-hydrogen) atoms. The first kappa shape index (κ1) is 11.3. The van der Waals surface area contributed by atoms with Crippen molar-refractivity contribution < 1.29 is 0 Å². The first-order valence-corrected chi connectivity index (χ1v) is 5.71. The number of thiocarbonyl (C=S) groups is 1. The van der Waals surface area contributed by atoms with E-state index in [1.165, 1.54) is 11.3 Å². The minimum absolute atomic E-state index is 0.386. The Hall–Kier alpha value is -0.750. The maximum Gasteiger partial charge on any atom is 0.208 e. The summed E-state index contributed by atoms with van der Waals surface area (Å²) in [5, 5.41) is 8.77. The molecule has 4 nitrogen and oxygen atoms in total. The SMILES string of the molecule is CC(C)N(CCC(N)=S)c1nncs1. The Morgan fingerprint density at radius 2 is 2.43 bits per heavy atom. The lowest BCUT2D eigenvalue weighted by atomic mass is 10.3. The summed E-state index contributed by atoms with van der Waals surface area (Å²) in [6.45, 7) is 5.03. The van der Waals surface area contributed by atoms with E-state index >= 15 is 0 Å². The number of nitrogens with zero attached hydrogens (tertiary/aromatic N) is 3. The van der Waals surface area contributed by atoms with Crippen LogP contribution in [0, 0.1) is 0 Å². The average Bonchev–Trinajstić information content (AvgIpc) is 2.56. The van der Waals surface area contributed by atoms with Gasteiger partial charge in [-0.25, -0.2) is 0 Å². The predicted octanol–water partition coefficient (Wildman–Crippen LogP) is 1.43. The van der Waals surface area contributed by atoms with E-state index in [0.29, 0.717) is 17.5 Å². The van der Waals surface area contributed by atoms with Crippen molar-refractivity contribution in [3.63, 3.8) is 0 Å². The molecule has 0 radical (unpaired) electrons. The molecule has 1 rings (SSSR count). The Bertz CT molecular complexity index is 284. The molecule has 0 bridgehead atoms. The Morgan fingerprint density at radius 1 is 1.71 bits per heavy atom. The Labute approximate surface area is 93.1 Å². The van der Waals surface area contributed by atoms with Gasteiger partial charge in [0.2, 0.25) is 5.13 Å². The molecule has 1 heterocycles. The number of rotatable bonds is 5. The fourth-order valence-electron chi connectivity index (χ4n) is 1.10. The molecule has 0 aliphatic carbocycles. The molecule has 1 aromatic rings. The van der Waals surface area contributed by atoms with E-state index in [9.17, 15) is 0 Å². The van der Waals surface area contributed by atoms with Crippen LogP contribution in [0.2, 0.25) is 0 Å². The van der Waals surface area contributed by atoms with E-state index in [1.807, 2.05) is 0 Å². The van der Waals surface area contributed by atoms with Crippen LogP contribution in [0.3, 0.4) is 0 Å². The molecule has 6 heteroatoms. The molecule has 0 atom stereocenters. The zero-order valence-corrected chi connectivity index (χ0v) is 9.94. The quantitative estimate of drug-likeness (QED) is 0.776. The molecule has 0 unspecified atom stereocenters. The summed E-state index contributed by atoms with van der Waals surface area (Å²) in [4.78, 5) is 2.69. The van der Waals surface area contributed by atoms with Crippen LogP contribution in [-0.2, 0) is 0 Å². The van der Waals surface area contributed by atoms with Crippen molar-refractivity contribution in [3.8, 4) is 0 Å². The van der Waals surface area contributed by atoms with Gasteiger partial charge in [-0.2, -0.15) is 0 Å². The van der Waals surface area contributed by atoms with Gasteiger partial charge in [0.05, 0.1) is 4.99 Å². The fraction of sp³-hybridized carbons (Fsp3) is 0.625. The number of hydrogen-bond acceptors (Lipinski definition) is 5. The monoisotopic (exact) mass is 230 g/mol. The zero-order valence-electron chi connectivity index (χ0n) is 8.30. The highest BCUT2D eigenvalue weighted by Gasteiger charge is 2.13. The van der Waals surface area contributed by atoms with Crippen LogP contribution in [-0.4, -0.2) is 27.8 Å². The molecule has 0 aromatic carbocycles. The van der Waals surface area contributed by atoms with Gasteiger partial charge in [-0.3, -0.25) is 0 Å². The van der Waals surface area contributed by atoms with Crippen molar-refractivity contribution in [2.24, 2.45) is 5.73 Å². The summed E-state index contributed by atoms with van der Waals surface area (Å²) in [5.74, 6) is 0. The summed E-state index contributed by atoms with van der Waals surface area (Å²) >= 11 is 6.38. The van der Waals surface area contributed by atoms with Crippen LogP contribution >= 0.6 is 23.6 Å². The normalized spacial score (nSPS) is 10.5. The molecule has 0 amide bonds. The first-order valence-electron chi connectivity index (χ1n) is 4.42. The second-order valence-electron chi connectivity index (χ2n) is 3.22. The van der Waals surface area contributed by atoms with E-state index in [0.717, 1.165) is 11.7 Å². The average molecular weight is 230 g/mol. The van der Waals surface area contributed by atoms with E-state index in [1.54, 1.807) is 5.51 Å². The van der Waals surface area contributed by atoms with Crippen LogP contribution in [0.15, 0.2) is 5.51 Å². The van der Waals surface area contributed by atoms with Gasteiger partial charge in [-0.05, 0) is 13.8 Å². The van der Waals surface area contributed by atoms with Gasteiger partial charge < -0.3 is 10.6 Å². The maximum absolute atomic E-state index is 5.47. The van der Waals surface area contributed by atoms with Crippen LogP contribution in [0.5, 0.6) is 0 Å². The lowest BCUT2D eigenvalue weighted by molar-refractivity contribution is 0.684. The molecule has 2 N–H and O–H groups in total. The number of anilines is 1. The van der Waals surface area contributed by atoms with Crippen LogP contribution < -0.4 is 10.6 Å². The van der Waals surface area contributed by atoms with Crippen LogP contribution in [0.25, 0.3) is 0 Å². The molecule has 0 spiro atoms. The summed E-state index contributed by atoms with van der Waals surface area (Å²) in [5.41, 5.74) is 7.19. The number of nitrogens with two attached hydrogens (primary N) is 1. The van der Waals surface area contributed by atoms with Gasteiger partial charge in [-0.1, -0.05) is 23.6 Å². The number of hydrogen-bond donors (Lipinski definition) is 1. The molecule has 0 saturated carbocycles. The Kier molecular flexibility index (Phi) is 4.21. The highest BCUT2D eigenvalue weighted by Crippen LogP contribution is 2.18. The summed E-state index contributed by atoms with van der Waals surface area (Å²) in [6, 6.07) is 0.386. The smallest absolute Gasteiger partial charge is 0.208 e. The first-order chi connectivity index (χ1) is 6.61. The lowest BCUT2D eigenvalue weighted by Gasteiger charge is -2.25. The van der Waals surface area contributed by atoms with Gasteiger partial charge in [0, 0.05) is 19.0 Å². The van der Waals surface area contributed by atoms with Gasteiger partial charge >= 0.3 is 0 Å². The van der Waals surface area contributed by atoms with Gasteiger partial charge in [0.1, 0.15) is 5.51 Å². The molecule has 0 saturated heterocycles. The number of aromatic nitrogens is 2. The molecule has 0 fully saturated rings. The van der Waals surface area contributed by atoms with Crippen LogP contribution in [0.4, 0.5) is 5.13 Å². The predicted molar refractivity (Wildman–Crippen MR) is 63.8 cm³/mol. The van der Waals surface area contributed by atoms with E-state index in [4.69, 9.17) is 18.0 Å². The second kappa shape index (κ2) is 5.21. The third-order valence-electron chi connectivity index (χ3n) is 1.82. The van der Waals surface area contributed by atoms with Crippen molar-refractivity contribution in [3.05, 3.63) is 5.51 Å². The fourth-order valence-corrected chi connectivity index (χ4v) is 1.91. The molecular formula is C8H14N4S2. The van der Waals surface area contributed by atoms with Crippen molar-refractivity contribution in [2.75, 3.05) is 11.4 Å². The highest BCUT2D eigenvalue weighted by molar-refractivity contribution is 7.80. The molecule has 78 valence electrons. The van der Waals surface area contributed by atoms with Crippen LogP contribution in [0.1, 0.15) is 20.3 Å². The lowest BCUT2D eigenvalue weighted by Crippen LogP contribution is -2.33. The topological polar surface area (TPSA) is 55.0 Å². The Morgan fingerprint density at radius 3 is 2.86 bits per heavy atom. The van der Waals surface area contributed by atoms with Crippen molar-refractivity contribution >= 4 is 33.7 Å². The summed E-state index contributed by atoms with van der Waals surface area (Å²) in [6.07, 6.45) is 0.715. The van der Waals surface area contributed by atoms with Crippen molar-refractivity contribution in [1.82, 2.24) is 10.2 Å². The van der Waals surface area contributed by atoms with Crippen molar-refractivity contribution in [1.29, 1.82) is 0 Å². The molecule has 0 aliphatic heterocycles. The third kappa shape index (κ3) is 3.19. The van der Waals surface area contributed by atoms with E-state index in [-0.39, 0.29) is 0 Å². The van der Waals surface area contributed by atoms with Gasteiger partial charge in [0.15, 0.2) is 0 Å². The molecule has 1 aromatic heterocycles. The summed E-state index contributed by atoms with van der Waals surface area (Å²) < 4.78 is 0. The van der Waals surface area contributed by atoms with Gasteiger partial charge in [-0.15, -0.1) is 10.2 Å². The van der Waals surface area contributed by atoms with E-state index < -0.39 is 0 Å². The van der Waals surface area contributed by atoms with Gasteiger partial charge in [0.25, 0.3) is 0 Å². The maximum atomic E-state index is 5.47. The molecular weight excluding hydrogens is 216 g/mol. The summed E-state index contributed by atoms with van der Waals surface area (Å²) in [7, 11) is 0. The molecule has 0 aliphatic rings. The zero-order chi connectivity index (χ0) is 10.6. The minimum atomic E-state index is 0.386. The van der Waals surface area contributed by atoms with Crippen molar-refractivity contribution in [2.45, 2.75) is 26.3 Å². The Balaban J connectivity index is 2.61. The third-order valence-corrected chi connectivity index (χ3v) is 2.75. The standard InChI is InChI=1S/C8H14N4S2/c1-6(2)12(4-3-7(9)13)8-11-10-5-14-8/h5-6H,3-4H2,1-2H3,(H2,9,13). The highest BCUT2D eigenvalue weighted by atomic mass is 32.1. The largest absolute Gasteiger partial charge is 0.393 e.